The zero-order chi connectivity index (χ0) is 15.2. The first kappa shape index (κ1) is 15.1. The first-order chi connectivity index (χ1) is 10.2. The van der Waals surface area contributed by atoms with E-state index in [2.05, 4.69) is 10.1 Å². The van der Waals surface area contributed by atoms with E-state index in [1.807, 2.05) is 24.3 Å². The monoisotopic (exact) mass is 290 g/mol. The van der Waals surface area contributed by atoms with Crippen LogP contribution < -0.4 is 5.32 Å². The third-order valence-corrected chi connectivity index (χ3v) is 3.06. The SMILES string of the molecule is CCOC(=O)c1cc2ccccc2n1CNCC(=O)OC. The number of nitrogens with one attached hydrogen (secondary N) is 1. The Bertz CT molecular complexity index is 648. The van der Waals surface area contributed by atoms with Crippen LogP contribution in [0.15, 0.2) is 30.3 Å². The fourth-order valence-corrected chi connectivity index (χ4v) is 2.10. The Morgan fingerprint density at radius 1 is 1.29 bits per heavy atom. The molecule has 0 aliphatic rings. The van der Waals surface area contributed by atoms with Crippen molar-refractivity contribution in [1.82, 2.24) is 9.88 Å². The summed E-state index contributed by atoms with van der Waals surface area (Å²) in [5.41, 5.74) is 1.35. The summed E-state index contributed by atoms with van der Waals surface area (Å²) in [7, 11) is 1.33. The van der Waals surface area contributed by atoms with Gasteiger partial charge in [0.1, 0.15) is 5.69 Å². The third kappa shape index (κ3) is 3.41. The van der Waals surface area contributed by atoms with E-state index in [1.165, 1.54) is 7.11 Å². The van der Waals surface area contributed by atoms with Gasteiger partial charge in [-0.15, -0.1) is 0 Å². The predicted molar refractivity (Wildman–Crippen MR) is 77.9 cm³/mol. The molecule has 0 amide bonds. The Morgan fingerprint density at radius 2 is 2.05 bits per heavy atom. The van der Waals surface area contributed by atoms with Crippen LogP contribution in [0.5, 0.6) is 0 Å². The van der Waals surface area contributed by atoms with E-state index in [0.29, 0.717) is 19.0 Å². The summed E-state index contributed by atoms with van der Waals surface area (Å²) in [6.45, 7) is 2.47. The smallest absolute Gasteiger partial charge is 0.355 e. The number of rotatable bonds is 6. The number of methoxy groups -OCH3 is 1. The molecule has 0 radical (unpaired) electrons. The molecule has 112 valence electrons. The van der Waals surface area contributed by atoms with Gasteiger partial charge in [0.2, 0.25) is 0 Å². The molecule has 0 saturated heterocycles. The van der Waals surface area contributed by atoms with Gasteiger partial charge in [-0.1, -0.05) is 18.2 Å². The molecule has 2 aromatic rings. The summed E-state index contributed by atoms with van der Waals surface area (Å²) in [6, 6.07) is 9.43. The lowest BCUT2D eigenvalue weighted by molar-refractivity contribution is -0.139. The molecule has 6 nitrogen and oxygen atoms in total. The van der Waals surface area contributed by atoms with Gasteiger partial charge in [-0.2, -0.15) is 0 Å². The molecule has 1 N–H and O–H groups in total. The highest BCUT2D eigenvalue weighted by Crippen LogP contribution is 2.20. The van der Waals surface area contributed by atoms with Gasteiger partial charge in [0.05, 0.1) is 26.9 Å². The number of hydrogen-bond donors (Lipinski definition) is 1. The second-order valence-electron chi connectivity index (χ2n) is 4.40. The molecule has 0 fully saturated rings. The van der Waals surface area contributed by atoms with Crippen molar-refractivity contribution < 1.29 is 19.1 Å². The summed E-state index contributed by atoms with van der Waals surface area (Å²) in [5, 5.41) is 3.89. The van der Waals surface area contributed by atoms with E-state index in [9.17, 15) is 9.59 Å². The van der Waals surface area contributed by atoms with Crippen LogP contribution in [0.1, 0.15) is 17.4 Å². The zero-order valence-electron chi connectivity index (χ0n) is 12.1. The highest BCUT2D eigenvalue weighted by Gasteiger charge is 2.16. The minimum absolute atomic E-state index is 0.0747. The van der Waals surface area contributed by atoms with Crippen LogP contribution in [0.3, 0.4) is 0 Å². The lowest BCUT2D eigenvalue weighted by atomic mass is 10.2. The molecule has 0 aliphatic heterocycles. The number of carbonyl (C=O) groups excluding carboxylic acids is 2. The van der Waals surface area contributed by atoms with Crippen molar-refractivity contribution in [3.63, 3.8) is 0 Å². The zero-order valence-corrected chi connectivity index (χ0v) is 12.1. The largest absolute Gasteiger partial charge is 0.468 e. The standard InChI is InChI=1S/C15H18N2O4/c1-3-21-15(19)13-8-11-6-4-5-7-12(11)17(13)10-16-9-14(18)20-2/h4-8,16H,3,9-10H2,1-2H3. The van der Waals surface area contributed by atoms with Crippen molar-refractivity contribution in [2.75, 3.05) is 20.3 Å². The maximum Gasteiger partial charge on any atom is 0.355 e. The van der Waals surface area contributed by atoms with Crippen molar-refractivity contribution in [1.29, 1.82) is 0 Å². The van der Waals surface area contributed by atoms with Crippen LogP contribution >= 0.6 is 0 Å². The minimum Gasteiger partial charge on any atom is -0.468 e. The average Bonchev–Trinajstić information content (AvgIpc) is 2.86. The third-order valence-electron chi connectivity index (χ3n) is 3.06. The van der Waals surface area contributed by atoms with Gasteiger partial charge in [0.15, 0.2) is 0 Å². The van der Waals surface area contributed by atoms with Crippen molar-refractivity contribution >= 4 is 22.8 Å². The van der Waals surface area contributed by atoms with Crippen molar-refractivity contribution in [2.45, 2.75) is 13.6 Å². The molecule has 0 bridgehead atoms. The van der Waals surface area contributed by atoms with Crippen LogP contribution in [-0.2, 0) is 20.9 Å². The lowest BCUT2D eigenvalue weighted by Crippen LogP contribution is -2.27. The molecule has 2 rings (SSSR count). The Hall–Kier alpha value is -2.34. The quantitative estimate of drug-likeness (QED) is 0.817. The van der Waals surface area contributed by atoms with Crippen molar-refractivity contribution in [3.05, 3.63) is 36.0 Å². The van der Waals surface area contributed by atoms with Gasteiger partial charge in [0, 0.05) is 10.9 Å². The molecule has 0 aliphatic carbocycles. The average molecular weight is 290 g/mol. The van der Waals surface area contributed by atoms with Gasteiger partial charge in [-0.3, -0.25) is 10.1 Å². The number of para-hydroxylation sites is 1. The maximum atomic E-state index is 12.0. The minimum atomic E-state index is -0.381. The second kappa shape index (κ2) is 6.90. The fraction of sp³-hybridized carbons (Fsp3) is 0.333. The summed E-state index contributed by atoms with van der Waals surface area (Å²) in [5.74, 6) is -0.738. The van der Waals surface area contributed by atoms with Gasteiger partial charge >= 0.3 is 11.9 Å². The predicted octanol–water partition coefficient (Wildman–Crippen LogP) is 1.54. The number of carbonyl (C=O) groups is 2. The molecule has 6 heteroatoms. The maximum absolute atomic E-state index is 12.0. The Morgan fingerprint density at radius 3 is 2.76 bits per heavy atom. The van der Waals surface area contributed by atoms with Crippen LogP contribution in [0.4, 0.5) is 0 Å². The molecule has 1 aromatic carbocycles. The Kier molecular flexibility index (Phi) is 4.94. The van der Waals surface area contributed by atoms with Crippen LogP contribution in [-0.4, -0.2) is 36.8 Å². The molecule has 1 aromatic heterocycles. The number of aromatic nitrogens is 1. The Balaban J connectivity index is 2.27. The highest BCUT2D eigenvalue weighted by molar-refractivity contribution is 5.95. The van der Waals surface area contributed by atoms with E-state index in [-0.39, 0.29) is 18.5 Å². The molecule has 0 saturated carbocycles. The highest BCUT2D eigenvalue weighted by atomic mass is 16.5. The van der Waals surface area contributed by atoms with Crippen LogP contribution in [0.25, 0.3) is 10.9 Å². The normalized spacial score (nSPS) is 10.6. The van der Waals surface area contributed by atoms with Gasteiger partial charge < -0.3 is 14.0 Å². The molecule has 1 heterocycles. The number of esters is 2. The number of nitrogens with zero attached hydrogens (tertiary/aromatic N) is 1. The van der Waals surface area contributed by atoms with Gasteiger partial charge in [-0.05, 0) is 19.1 Å². The van der Waals surface area contributed by atoms with Gasteiger partial charge in [0.25, 0.3) is 0 Å². The first-order valence-electron chi connectivity index (χ1n) is 6.70. The summed E-state index contributed by atoms with van der Waals surface area (Å²) in [4.78, 5) is 23.2. The molecule has 21 heavy (non-hydrogen) atoms. The van der Waals surface area contributed by atoms with E-state index in [4.69, 9.17) is 4.74 Å². The topological polar surface area (TPSA) is 69.6 Å². The molecule has 0 spiro atoms. The molecule has 0 atom stereocenters. The fourth-order valence-electron chi connectivity index (χ4n) is 2.10. The van der Waals surface area contributed by atoms with E-state index in [1.54, 1.807) is 17.6 Å². The van der Waals surface area contributed by atoms with E-state index >= 15 is 0 Å². The lowest BCUT2D eigenvalue weighted by Gasteiger charge is -2.10. The molecular weight excluding hydrogens is 272 g/mol. The number of ether oxygens (including phenoxy) is 2. The van der Waals surface area contributed by atoms with Gasteiger partial charge in [-0.25, -0.2) is 4.79 Å². The number of fused-ring (bicyclic) bond motifs is 1. The molecular formula is C15H18N2O4. The first-order valence-corrected chi connectivity index (χ1v) is 6.70. The van der Waals surface area contributed by atoms with Crippen molar-refractivity contribution in [3.8, 4) is 0 Å². The van der Waals surface area contributed by atoms with Crippen LogP contribution in [0, 0.1) is 0 Å². The summed E-state index contributed by atoms with van der Waals surface area (Å²) >= 11 is 0. The second-order valence-corrected chi connectivity index (χ2v) is 4.40. The van der Waals surface area contributed by atoms with E-state index < -0.39 is 0 Å². The summed E-state index contributed by atoms with van der Waals surface area (Å²) < 4.78 is 11.4. The van der Waals surface area contributed by atoms with Crippen molar-refractivity contribution in [2.24, 2.45) is 0 Å². The Labute approximate surface area is 122 Å². The van der Waals surface area contributed by atoms with E-state index in [0.717, 1.165) is 10.9 Å². The number of hydrogen-bond acceptors (Lipinski definition) is 5. The summed E-state index contributed by atoms with van der Waals surface area (Å²) in [6.07, 6.45) is 0. The number of benzene rings is 1. The van der Waals surface area contributed by atoms with Crippen LogP contribution in [0.2, 0.25) is 0 Å². The molecule has 0 unspecified atom stereocenters.